The van der Waals surface area contributed by atoms with Crippen LogP contribution in [0.15, 0.2) is 24.3 Å². The summed E-state index contributed by atoms with van der Waals surface area (Å²) < 4.78 is 0. The van der Waals surface area contributed by atoms with Crippen molar-refractivity contribution in [2.45, 2.75) is 33.6 Å². The largest absolute Gasteiger partial charge is 0.326 e. The molecule has 0 fully saturated rings. The van der Waals surface area contributed by atoms with Gasteiger partial charge >= 0.3 is 0 Å². The van der Waals surface area contributed by atoms with Crippen molar-refractivity contribution in [3.05, 3.63) is 24.3 Å². The summed E-state index contributed by atoms with van der Waals surface area (Å²) in [5.41, 5.74) is 1.54. The summed E-state index contributed by atoms with van der Waals surface area (Å²) in [5, 5.41) is 2.79. The van der Waals surface area contributed by atoms with Gasteiger partial charge in [-0.2, -0.15) is 0 Å². The van der Waals surface area contributed by atoms with Gasteiger partial charge in [-0.05, 0) is 25.1 Å². The van der Waals surface area contributed by atoms with Crippen LogP contribution in [0.3, 0.4) is 0 Å². The Bertz CT molecular complexity index is 430. The maximum absolute atomic E-state index is 11.8. The van der Waals surface area contributed by atoms with Crippen LogP contribution in [0.1, 0.15) is 33.6 Å². The van der Waals surface area contributed by atoms with Gasteiger partial charge in [0, 0.05) is 30.8 Å². The summed E-state index contributed by atoms with van der Waals surface area (Å²) in [6, 6.07) is 7.36. The van der Waals surface area contributed by atoms with E-state index in [1.807, 2.05) is 38.1 Å². The molecule has 0 aliphatic heterocycles. The average Bonchev–Trinajstić information content (AvgIpc) is 2.39. The van der Waals surface area contributed by atoms with Crippen molar-refractivity contribution < 1.29 is 9.59 Å². The molecule has 0 aliphatic carbocycles. The molecule has 2 amide bonds. The quantitative estimate of drug-likeness (QED) is 0.871. The molecule has 0 spiro atoms. The lowest BCUT2D eigenvalue weighted by Gasteiger charge is -2.21. The molecule has 0 heterocycles. The van der Waals surface area contributed by atoms with Gasteiger partial charge in [0.15, 0.2) is 0 Å². The lowest BCUT2D eigenvalue weighted by atomic mass is 10.2. The fourth-order valence-electron chi connectivity index (χ4n) is 1.69. The Balaban J connectivity index is 2.92. The molecular weight excluding hydrogens is 228 g/mol. The van der Waals surface area contributed by atoms with E-state index in [9.17, 15) is 9.59 Å². The number of anilines is 2. The molecule has 4 heteroatoms. The molecular formula is C14H20N2O2. The van der Waals surface area contributed by atoms with Crippen molar-refractivity contribution >= 4 is 23.2 Å². The van der Waals surface area contributed by atoms with E-state index in [0.717, 1.165) is 11.4 Å². The van der Waals surface area contributed by atoms with Crippen molar-refractivity contribution in [2.75, 3.05) is 16.8 Å². The van der Waals surface area contributed by atoms with E-state index in [2.05, 4.69) is 5.32 Å². The topological polar surface area (TPSA) is 49.4 Å². The molecule has 0 radical (unpaired) electrons. The Hall–Kier alpha value is -1.84. The van der Waals surface area contributed by atoms with Crippen molar-refractivity contribution in [1.82, 2.24) is 0 Å². The summed E-state index contributed by atoms with van der Waals surface area (Å²) in [4.78, 5) is 24.8. The molecule has 0 atom stereocenters. The van der Waals surface area contributed by atoms with Crippen molar-refractivity contribution in [3.63, 3.8) is 0 Å². The Morgan fingerprint density at radius 3 is 2.44 bits per heavy atom. The molecule has 1 aromatic carbocycles. The predicted molar refractivity (Wildman–Crippen MR) is 73.7 cm³/mol. The zero-order valence-corrected chi connectivity index (χ0v) is 11.2. The number of nitrogens with one attached hydrogen (secondary N) is 1. The Labute approximate surface area is 108 Å². The maximum Gasteiger partial charge on any atom is 0.226 e. The fourth-order valence-corrected chi connectivity index (χ4v) is 1.69. The lowest BCUT2D eigenvalue weighted by molar-refractivity contribution is -0.118. The predicted octanol–water partition coefficient (Wildman–Crippen LogP) is 2.80. The average molecular weight is 248 g/mol. The molecule has 98 valence electrons. The minimum atomic E-state index is -0.0305. The number of rotatable bonds is 5. The summed E-state index contributed by atoms with van der Waals surface area (Å²) in [6.07, 6.45) is 0.912. The molecule has 0 bridgehead atoms. The van der Waals surface area contributed by atoms with E-state index in [-0.39, 0.29) is 11.8 Å². The van der Waals surface area contributed by atoms with Gasteiger partial charge in [-0.3, -0.25) is 9.59 Å². The highest BCUT2D eigenvalue weighted by atomic mass is 16.2. The van der Waals surface area contributed by atoms with Crippen LogP contribution in [-0.2, 0) is 9.59 Å². The van der Waals surface area contributed by atoms with E-state index in [0.29, 0.717) is 19.4 Å². The van der Waals surface area contributed by atoms with Crippen LogP contribution >= 0.6 is 0 Å². The van der Waals surface area contributed by atoms with Gasteiger partial charge in [0.05, 0.1) is 0 Å². The van der Waals surface area contributed by atoms with Gasteiger partial charge in [-0.25, -0.2) is 0 Å². The molecule has 0 saturated heterocycles. The lowest BCUT2D eigenvalue weighted by Crippen LogP contribution is -2.29. The summed E-state index contributed by atoms with van der Waals surface area (Å²) >= 11 is 0. The standard InChI is InChI=1S/C14H20N2O2/c1-4-13(17)15-11-8-7-9-12(10-11)16(6-3)14(18)5-2/h7-10H,4-6H2,1-3H3,(H,15,17). The first-order chi connectivity index (χ1) is 8.62. The SMILES string of the molecule is CCC(=O)Nc1cccc(N(CC)C(=O)CC)c1. The Kier molecular flexibility index (Phi) is 5.36. The third-order valence-corrected chi connectivity index (χ3v) is 2.68. The number of benzene rings is 1. The molecule has 0 saturated carbocycles. The fraction of sp³-hybridized carbons (Fsp3) is 0.429. The molecule has 0 unspecified atom stereocenters. The van der Waals surface area contributed by atoms with Gasteiger partial charge in [0.25, 0.3) is 0 Å². The zero-order chi connectivity index (χ0) is 13.5. The van der Waals surface area contributed by atoms with Crippen LogP contribution in [0.2, 0.25) is 0 Å². The summed E-state index contributed by atoms with van der Waals surface area (Å²) in [5.74, 6) is 0.0495. The van der Waals surface area contributed by atoms with E-state index < -0.39 is 0 Å². The molecule has 1 aromatic rings. The van der Waals surface area contributed by atoms with Crippen LogP contribution in [0.4, 0.5) is 11.4 Å². The first-order valence-electron chi connectivity index (χ1n) is 6.32. The third kappa shape index (κ3) is 3.58. The highest BCUT2D eigenvalue weighted by Crippen LogP contribution is 2.20. The second-order valence-electron chi connectivity index (χ2n) is 3.94. The van der Waals surface area contributed by atoms with E-state index in [1.165, 1.54) is 0 Å². The Morgan fingerprint density at radius 2 is 1.89 bits per heavy atom. The molecule has 0 aliphatic rings. The van der Waals surface area contributed by atoms with Crippen molar-refractivity contribution in [2.24, 2.45) is 0 Å². The van der Waals surface area contributed by atoms with Gasteiger partial charge in [-0.15, -0.1) is 0 Å². The first-order valence-corrected chi connectivity index (χ1v) is 6.32. The number of hydrogen-bond donors (Lipinski definition) is 1. The first kappa shape index (κ1) is 14.2. The van der Waals surface area contributed by atoms with E-state index in [4.69, 9.17) is 0 Å². The number of hydrogen-bond acceptors (Lipinski definition) is 2. The summed E-state index contributed by atoms with van der Waals surface area (Å²) in [7, 11) is 0. The molecule has 18 heavy (non-hydrogen) atoms. The highest BCUT2D eigenvalue weighted by Gasteiger charge is 2.12. The number of carbonyl (C=O) groups is 2. The van der Waals surface area contributed by atoms with Gasteiger partial charge in [0.2, 0.25) is 11.8 Å². The van der Waals surface area contributed by atoms with Gasteiger partial charge < -0.3 is 10.2 Å². The van der Waals surface area contributed by atoms with E-state index >= 15 is 0 Å². The minimum Gasteiger partial charge on any atom is -0.326 e. The molecule has 1 rings (SSSR count). The number of nitrogens with zero attached hydrogens (tertiary/aromatic N) is 1. The van der Waals surface area contributed by atoms with Crippen LogP contribution in [0.25, 0.3) is 0 Å². The maximum atomic E-state index is 11.8. The highest BCUT2D eigenvalue weighted by molar-refractivity contribution is 5.95. The smallest absolute Gasteiger partial charge is 0.226 e. The minimum absolute atomic E-state index is 0.0305. The number of carbonyl (C=O) groups excluding carboxylic acids is 2. The second-order valence-corrected chi connectivity index (χ2v) is 3.94. The third-order valence-electron chi connectivity index (χ3n) is 2.68. The second kappa shape index (κ2) is 6.79. The summed E-state index contributed by atoms with van der Waals surface area (Å²) in [6.45, 7) is 6.20. The Morgan fingerprint density at radius 1 is 1.17 bits per heavy atom. The molecule has 4 nitrogen and oxygen atoms in total. The van der Waals surface area contributed by atoms with E-state index in [1.54, 1.807) is 11.8 Å². The normalized spacial score (nSPS) is 9.94. The molecule has 0 aromatic heterocycles. The van der Waals surface area contributed by atoms with Gasteiger partial charge in [-0.1, -0.05) is 19.9 Å². The van der Waals surface area contributed by atoms with Crippen LogP contribution in [0.5, 0.6) is 0 Å². The monoisotopic (exact) mass is 248 g/mol. The van der Waals surface area contributed by atoms with Crippen LogP contribution < -0.4 is 10.2 Å². The van der Waals surface area contributed by atoms with Crippen LogP contribution in [-0.4, -0.2) is 18.4 Å². The van der Waals surface area contributed by atoms with Gasteiger partial charge in [0.1, 0.15) is 0 Å². The van der Waals surface area contributed by atoms with Crippen molar-refractivity contribution in [3.8, 4) is 0 Å². The van der Waals surface area contributed by atoms with Crippen LogP contribution in [0, 0.1) is 0 Å². The molecule has 1 N–H and O–H groups in total. The van der Waals surface area contributed by atoms with Crippen molar-refractivity contribution in [1.29, 1.82) is 0 Å². The zero-order valence-electron chi connectivity index (χ0n) is 11.2. The number of amides is 2.